The van der Waals surface area contributed by atoms with Gasteiger partial charge in [0, 0.05) is 31.7 Å². The van der Waals surface area contributed by atoms with Crippen LogP contribution >= 0.6 is 27.5 Å². The number of pyridine rings is 1. The zero-order valence-corrected chi connectivity index (χ0v) is 22.9. The lowest BCUT2D eigenvalue weighted by Crippen LogP contribution is -2.16. The number of nitrogens with zero attached hydrogens (tertiary/aromatic N) is 1. The first-order valence-corrected chi connectivity index (χ1v) is 13.0. The average Bonchev–Trinajstić information content (AvgIpc) is 2.93. The lowest BCUT2D eigenvalue weighted by atomic mass is 9.96. The number of nitrogens with one attached hydrogen (secondary N) is 1. The predicted octanol–water partition coefficient (Wildman–Crippen LogP) is 8.33. The Hall–Kier alpha value is -4.00. The number of aromatic nitrogens is 1. The Labute approximate surface area is 233 Å². The fourth-order valence-electron chi connectivity index (χ4n) is 4.48. The van der Waals surface area contributed by atoms with Gasteiger partial charge in [0.15, 0.2) is 0 Å². The van der Waals surface area contributed by atoms with Crippen molar-refractivity contribution < 1.29 is 14.3 Å². The van der Waals surface area contributed by atoms with Crippen molar-refractivity contribution in [1.82, 2.24) is 4.98 Å². The molecule has 0 saturated heterocycles. The second-order valence-corrected chi connectivity index (χ2v) is 10.1. The first kappa shape index (κ1) is 25.6. The van der Waals surface area contributed by atoms with Gasteiger partial charge < -0.3 is 10.1 Å². The van der Waals surface area contributed by atoms with Gasteiger partial charge >= 0.3 is 5.97 Å². The molecule has 0 aliphatic carbocycles. The van der Waals surface area contributed by atoms with E-state index in [1.807, 2.05) is 67.6 Å². The first-order valence-electron chi connectivity index (χ1n) is 11.8. The molecule has 0 saturated carbocycles. The van der Waals surface area contributed by atoms with Gasteiger partial charge in [0.25, 0.3) is 5.91 Å². The van der Waals surface area contributed by atoms with Crippen LogP contribution in [0.3, 0.4) is 0 Å². The summed E-state index contributed by atoms with van der Waals surface area (Å²) in [5, 5.41) is 4.35. The van der Waals surface area contributed by atoms with Crippen molar-refractivity contribution in [2.75, 3.05) is 12.4 Å². The number of benzene rings is 4. The van der Waals surface area contributed by atoms with E-state index in [0.29, 0.717) is 32.9 Å². The molecule has 0 aliphatic rings. The summed E-state index contributed by atoms with van der Waals surface area (Å²) in [6.45, 7) is 1.91. The lowest BCUT2D eigenvalue weighted by Gasteiger charge is -2.17. The van der Waals surface area contributed by atoms with Crippen LogP contribution in [-0.2, 0) is 4.74 Å². The van der Waals surface area contributed by atoms with Gasteiger partial charge in [0.05, 0.1) is 29.4 Å². The van der Waals surface area contributed by atoms with Crippen molar-refractivity contribution in [2.45, 2.75) is 6.92 Å². The predicted molar refractivity (Wildman–Crippen MR) is 156 cm³/mol. The molecule has 0 fully saturated rings. The second-order valence-electron chi connectivity index (χ2n) is 8.70. The van der Waals surface area contributed by atoms with Crippen LogP contribution in [0.2, 0.25) is 5.02 Å². The lowest BCUT2D eigenvalue weighted by molar-refractivity contribution is 0.0600. The van der Waals surface area contributed by atoms with Crippen LogP contribution in [0, 0.1) is 6.92 Å². The van der Waals surface area contributed by atoms with Crippen molar-refractivity contribution in [1.29, 1.82) is 0 Å². The van der Waals surface area contributed by atoms with Crippen molar-refractivity contribution >= 4 is 56.0 Å². The van der Waals surface area contributed by atoms with E-state index >= 15 is 0 Å². The van der Waals surface area contributed by atoms with E-state index in [2.05, 4.69) is 21.2 Å². The topological polar surface area (TPSA) is 68.3 Å². The van der Waals surface area contributed by atoms with E-state index in [1.165, 1.54) is 7.11 Å². The molecule has 188 valence electrons. The monoisotopic (exact) mass is 584 g/mol. The summed E-state index contributed by atoms with van der Waals surface area (Å²) < 4.78 is 5.75. The van der Waals surface area contributed by atoms with Crippen LogP contribution in [0.5, 0.6) is 0 Å². The van der Waals surface area contributed by atoms with E-state index in [9.17, 15) is 9.59 Å². The third-order valence-corrected chi connectivity index (χ3v) is 7.02. The maximum absolute atomic E-state index is 14.0. The standard InChI is InChI=1S/C31H22BrClN2O3/c1-18-28(25-17-22(32)12-14-27(25)34-29(18)19-7-4-3-5-8-19)30(36)35-26-13-11-21(31(37)38-2)16-24(26)20-9-6-10-23(33)15-20/h3-17H,1-2H3,(H,35,36). The molecular weight excluding hydrogens is 564 g/mol. The fraction of sp³-hybridized carbons (Fsp3) is 0.0645. The number of methoxy groups -OCH3 is 1. The van der Waals surface area contributed by atoms with Crippen LogP contribution < -0.4 is 5.32 Å². The summed E-state index contributed by atoms with van der Waals surface area (Å²) in [7, 11) is 1.33. The van der Waals surface area contributed by atoms with Gasteiger partial charge in [-0.25, -0.2) is 9.78 Å². The van der Waals surface area contributed by atoms with Crippen LogP contribution in [0.15, 0.2) is 95.5 Å². The highest BCUT2D eigenvalue weighted by atomic mass is 79.9. The molecule has 0 spiro atoms. The number of ether oxygens (including phenoxy) is 1. The normalized spacial score (nSPS) is 10.8. The summed E-state index contributed by atoms with van der Waals surface area (Å²) in [6, 6.07) is 27.7. The van der Waals surface area contributed by atoms with Gasteiger partial charge in [-0.15, -0.1) is 0 Å². The summed E-state index contributed by atoms with van der Waals surface area (Å²) in [6.07, 6.45) is 0. The van der Waals surface area contributed by atoms with Crippen molar-refractivity contribution in [3.05, 3.63) is 117 Å². The average molecular weight is 586 g/mol. The molecule has 5 aromatic rings. The number of halogens is 2. The minimum atomic E-state index is -0.473. The number of hydrogen-bond donors (Lipinski definition) is 1. The second kappa shape index (κ2) is 10.8. The van der Waals surface area contributed by atoms with Crippen LogP contribution in [0.1, 0.15) is 26.3 Å². The quantitative estimate of drug-likeness (QED) is 0.211. The Bertz CT molecular complexity index is 1700. The largest absolute Gasteiger partial charge is 0.465 e. The van der Waals surface area contributed by atoms with Crippen LogP contribution in [-0.4, -0.2) is 24.0 Å². The smallest absolute Gasteiger partial charge is 0.337 e. The van der Waals surface area contributed by atoms with Gasteiger partial charge in [0.1, 0.15) is 0 Å². The molecule has 7 heteroatoms. The highest BCUT2D eigenvalue weighted by molar-refractivity contribution is 9.10. The zero-order chi connectivity index (χ0) is 26.8. The number of anilines is 1. The highest BCUT2D eigenvalue weighted by Gasteiger charge is 2.21. The summed E-state index contributed by atoms with van der Waals surface area (Å²) in [4.78, 5) is 31.1. The minimum absolute atomic E-state index is 0.292. The molecule has 0 atom stereocenters. The van der Waals surface area contributed by atoms with Gasteiger partial charge in [-0.3, -0.25) is 4.79 Å². The van der Waals surface area contributed by atoms with E-state index in [0.717, 1.165) is 32.2 Å². The molecule has 0 unspecified atom stereocenters. The van der Waals surface area contributed by atoms with Crippen molar-refractivity contribution in [3.63, 3.8) is 0 Å². The summed E-state index contributed by atoms with van der Waals surface area (Å²) >= 11 is 9.80. The number of carbonyl (C=O) groups excluding carboxylic acids is 2. The van der Waals surface area contributed by atoms with Gasteiger partial charge in [0.2, 0.25) is 0 Å². The maximum Gasteiger partial charge on any atom is 0.337 e. The molecule has 38 heavy (non-hydrogen) atoms. The molecule has 5 nitrogen and oxygen atoms in total. The molecule has 1 amide bonds. The summed E-state index contributed by atoms with van der Waals surface area (Å²) in [5.74, 6) is -0.765. The molecule has 5 rings (SSSR count). The molecule has 0 bridgehead atoms. The maximum atomic E-state index is 14.0. The molecule has 1 aromatic heterocycles. The van der Waals surface area contributed by atoms with Crippen molar-refractivity contribution in [2.24, 2.45) is 0 Å². The molecular formula is C31H22BrClN2O3. The van der Waals surface area contributed by atoms with E-state index in [1.54, 1.807) is 30.3 Å². The summed E-state index contributed by atoms with van der Waals surface area (Å²) in [5.41, 5.74) is 5.93. The van der Waals surface area contributed by atoms with Gasteiger partial charge in [-0.2, -0.15) is 0 Å². The van der Waals surface area contributed by atoms with Gasteiger partial charge in [-0.1, -0.05) is 70.0 Å². The van der Waals surface area contributed by atoms with Crippen LogP contribution in [0.25, 0.3) is 33.3 Å². The molecule has 1 N–H and O–H groups in total. The Morgan fingerprint density at radius 1 is 0.895 bits per heavy atom. The minimum Gasteiger partial charge on any atom is -0.465 e. The fourth-order valence-corrected chi connectivity index (χ4v) is 5.03. The molecule has 4 aromatic carbocycles. The third kappa shape index (κ3) is 5.05. The highest BCUT2D eigenvalue weighted by Crippen LogP contribution is 2.34. The number of esters is 1. The Kier molecular flexibility index (Phi) is 7.27. The van der Waals surface area contributed by atoms with Gasteiger partial charge in [-0.05, 0) is 66.6 Å². The SMILES string of the molecule is COC(=O)c1ccc(NC(=O)c2c(C)c(-c3ccccc3)nc3ccc(Br)cc23)c(-c2cccc(Cl)c2)c1. The zero-order valence-electron chi connectivity index (χ0n) is 20.6. The molecule has 0 aliphatic heterocycles. The number of amides is 1. The van der Waals surface area contributed by atoms with E-state index < -0.39 is 5.97 Å². The van der Waals surface area contributed by atoms with Crippen molar-refractivity contribution in [3.8, 4) is 22.4 Å². The number of fused-ring (bicyclic) bond motifs is 1. The molecule has 0 radical (unpaired) electrons. The number of rotatable bonds is 5. The first-order chi connectivity index (χ1) is 18.4. The number of hydrogen-bond acceptors (Lipinski definition) is 4. The van der Waals surface area contributed by atoms with E-state index in [4.69, 9.17) is 21.3 Å². The Balaban J connectivity index is 1.66. The number of carbonyl (C=O) groups is 2. The Morgan fingerprint density at radius 2 is 1.66 bits per heavy atom. The van der Waals surface area contributed by atoms with E-state index in [-0.39, 0.29) is 5.91 Å². The third-order valence-electron chi connectivity index (χ3n) is 6.29. The van der Waals surface area contributed by atoms with Crippen LogP contribution in [0.4, 0.5) is 5.69 Å². The molecule has 1 heterocycles. The Morgan fingerprint density at radius 3 is 2.39 bits per heavy atom.